The van der Waals surface area contributed by atoms with E-state index >= 15 is 0 Å². The second-order valence-electron chi connectivity index (χ2n) is 8.31. The number of ether oxygens (including phenoxy) is 2. The molecule has 0 spiro atoms. The molecular weight excluding hydrogens is 428 g/mol. The second-order valence-corrected chi connectivity index (χ2v) is 8.31. The van der Waals surface area contributed by atoms with Crippen LogP contribution in [0.1, 0.15) is 42.9 Å². The van der Waals surface area contributed by atoms with Gasteiger partial charge in [-0.05, 0) is 24.6 Å². The molecule has 3 aromatic rings. The van der Waals surface area contributed by atoms with E-state index < -0.39 is 30.3 Å². The maximum atomic E-state index is 13.3. The molecule has 0 fully saturated rings. The van der Waals surface area contributed by atoms with Crippen LogP contribution in [0.15, 0.2) is 41.2 Å². The zero-order valence-corrected chi connectivity index (χ0v) is 17.9. The molecule has 0 unspecified atom stereocenters. The molecule has 0 radical (unpaired) electrons. The monoisotopic (exact) mass is 450 g/mol. The summed E-state index contributed by atoms with van der Waals surface area (Å²) in [6, 6.07) is 11.4. The first kappa shape index (κ1) is 21.3. The molecule has 2 aromatic heterocycles. The number of carboxylic acids is 1. The third-order valence-electron chi connectivity index (χ3n) is 6.33. The highest BCUT2D eigenvalue weighted by molar-refractivity contribution is 5.84. The number of aromatic nitrogens is 2. The number of esters is 1. The van der Waals surface area contributed by atoms with Gasteiger partial charge in [0.1, 0.15) is 0 Å². The maximum absolute atomic E-state index is 13.3. The van der Waals surface area contributed by atoms with Crippen molar-refractivity contribution in [2.75, 3.05) is 0 Å². The highest BCUT2D eigenvalue weighted by Gasteiger charge is 2.47. The summed E-state index contributed by atoms with van der Waals surface area (Å²) < 4.78 is 12.5. The quantitative estimate of drug-likeness (QED) is 0.443. The topological polar surface area (TPSA) is 128 Å². The van der Waals surface area contributed by atoms with Crippen molar-refractivity contribution in [3.8, 4) is 11.4 Å². The minimum atomic E-state index is -1.76. The van der Waals surface area contributed by atoms with E-state index in [1.54, 1.807) is 17.6 Å². The van der Waals surface area contributed by atoms with Crippen LogP contribution in [0, 0.1) is 0 Å². The Kier molecular flexibility index (Phi) is 5.02. The summed E-state index contributed by atoms with van der Waals surface area (Å²) >= 11 is 0. The molecule has 9 heteroatoms. The Labute approximate surface area is 188 Å². The fourth-order valence-corrected chi connectivity index (χ4v) is 4.54. The summed E-state index contributed by atoms with van der Waals surface area (Å²) in [5.41, 5.74) is 1.57. The molecule has 0 bridgehead atoms. The molecule has 170 valence electrons. The van der Waals surface area contributed by atoms with E-state index in [0.717, 1.165) is 16.5 Å². The fourth-order valence-electron chi connectivity index (χ4n) is 4.54. The smallest absolute Gasteiger partial charge is 0.308 e. The number of aliphatic carboxylic acids is 1. The number of carboxylic acid groups (broad SMARTS) is 1. The molecule has 0 aliphatic carbocycles. The van der Waals surface area contributed by atoms with Gasteiger partial charge in [0.25, 0.3) is 5.56 Å². The summed E-state index contributed by atoms with van der Waals surface area (Å²) in [6.07, 6.45) is -1.99. The molecule has 5 rings (SSSR count). The Morgan fingerprint density at radius 3 is 2.82 bits per heavy atom. The number of pyridine rings is 2. The molecule has 2 aliphatic heterocycles. The highest BCUT2D eigenvalue weighted by Crippen LogP contribution is 2.41. The molecule has 0 saturated carbocycles. The van der Waals surface area contributed by atoms with Crippen LogP contribution in [0.3, 0.4) is 0 Å². The Hall–Kier alpha value is -3.56. The van der Waals surface area contributed by atoms with Crippen molar-refractivity contribution < 1.29 is 29.3 Å². The fraction of sp³-hybridized carbons (Fsp3) is 0.333. The molecule has 1 aromatic carbocycles. The van der Waals surface area contributed by atoms with Gasteiger partial charge in [-0.2, -0.15) is 0 Å². The molecule has 33 heavy (non-hydrogen) atoms. The van der Waals surface area contributed by atoms with Crippen LogP contribution in [0.5, 0.6) is 0 Å². The standard InChI is InChI=1S/C24H22N2O7/c1-2-24(31)16-10-18-21-14(9-13-5-3-4-6-17(13)25-21)11-26(18)22(30)15(16)12-32-23(24)33-20(29)8-7-19(27)28/h3-6,9-10,23,31H,2,7-8,11-12H2,1H3,(H,27,28)/t23-,24-/m0/s1. The van der Waals surface area contributed by atoms with Crippen molar-refractivity contribution in [1.82, 2.24) is 9.55 Å². The maximum Gasteiger partial charge on any atom is 0.308 e. The third-order valence-corrected chi connectivity index (χ3v) is 6.33. The Morgan fingerprint density at radius 2 is 2.06 bits per heavy atom. The minimum Gasteiger partial charge on any atom is -0.481 e. The minimum absolute atomic E-state index is 0.109. The summed E-state index contributed by atoms with van der Waals surface area (Å²) in [7, 11) is 0. The molecule has 9 nitrogen and oxygen atoms in total. The van der Waals surface area contributed by atoms with Crippen LogP contribution in [-0.4, -0.2) is 38.0 Å². The zero-order valence-electron chi connectivity index (χ0n) is 17.9. The van der Waals surface area contributed by atoms with Crippen molar-refractivity contribution in [3.05, 3.63) is 63.4 Å². The van der Waals surface area contributed by atoms with Gasteiger partial charge < -0.3 is 24.3 Å². The number of aliphatic hydroxyl groups is 1. The van der Waals surface area contributed by atoms with Gasteiger partial charge in [0.05, 0.1) is 42.9 Å². The van der Waals surface area contributed by atoms with Gasteiger partial charge in [0.15, 0.2) is 5.60 Å². The number of carbonyl (C=O) groups is 2. The summed E-state index contributed by atoms with van der Waals surface area (Å²) in [4.78, 5) is 41.0. The highest BCUT2D eigenvalue weighted by atomic mass is 16.7. The van der Waals surface area contributed by atoms with E-state index in [2.05, 4.69) is 0 Å². The van der Waals surface area contributed by atoms with Crippen LogP contribution in [0.2, 0.25) is 0 Å². The number of para-hydroxylation sites is 1. The molecule has 0 saturated heterocycles. The zero-order chi connectivity index (χ0) is 23.3. The molecule has 2 atom stereocenters. The molecule has 2 N–H and O–H groups in total. The van der Waals surface area contributed by atoms with Crippen LogP contribution >= 0.6 is 0 Å². The number of benzene rings is 1. The molecule has 2 aliphatic rings. The van der Waals surface area contributed by atoms with Gasteiger partial charge in [-0.3, -0.25) is 14.4 Å². The average Bonchev–Trinajstić information content (AvgIpc) is 3.16. The van der Waals surface area contributed by atoms with Crippen molar-refractivity contribution >= 4 is 22.8 Å². The Bertz CT molecular complexity index is 1360. The van der Waals surface area contributed by atoms with Gasteiger partial charge in [-0.15, -0.1) is 0 Å². The van der Waals surface area contributed by atoms with Crippen LogP contribution in [0.25, 0.3) is 22.3 Å². The van der Waals surface area contributed by atoms with Crippen molar-refractivity contribution in [1.29, 1.82) is 0 Å². The van der Waals surface area contributed by atoms with Gasteiger partial charge in [0.2, 0.25) is 6.29 Å². The molecular formula is C24H22N2O7. The summed E-state index contributed by atoms with van der Waals surface area (Å²) in [5, 5.41) is 21.3. The van der Waals surface area contributed by atoms with E-state index in [1.807, 2.05) is 30.3 Å². The Morgan fingerprint density at radius 1 is 1.27 bits per heavy atom. The van der Waals surface area contributed by atoms with Crippen molar-refractivity contribution in [2.24, 2.45) is 0 Å². The lowest BCUT2D eigenvalue weighted by Gasteiger charge is -2.39. The number of hydrogen-bond acceptors (Lipinski definition) is 7. The van der Waals surface area contributed by atoms with E-state index in [1.165, 1.54) is 0 Å². The first-order chi connectivity index (χ1) is 15.8. The lowest BCUT2D eigenvalue weighted by atomic mass is 9.85. The van der Waals surface area contributed by atoms with Crippen molar-refractivity contribution in [2.45, 2.75) is 51.2 Å². The largest absolute Gasteiger partial charge is 0.481 e. The van der Waals surface area contributed by atoms with Gasteiger partial charge in [0, 0.05) is 22.1 Å². The SMILES string of the molecule is CC[C@]1(O)c2cc3n(c(=O)c2CO[C@H]1OC(=O)CCC(=O)O)Cc1cc2ccccc2nc1-3. The van der Waals surface area contributed by atoms with Crippen LogP contribution in [0.4, 0.5) is 0 Å². The van der Waals surface area contributed by atoms with Gasteiger partial charge in [-0.1, -0.05) is 25.1 Å². The van der Waals surface area contributed by atoms with E-state index in [9.17, 15) is 19.5 Å². The number of nitrogens with zero attached hydrogens (tertiary/aromatic N) is 2. The van der Waals surface area contributed by atoms with Crippen molar-refractivity contribution in [3.63, 3.8) is 0 Å². The first-order valence-corrected chi connectivity index (χ1v) is 10.7. The third kappa shape index (κ3) is 3.40. The predicted octanol–water partition coefficient (Wildman–Crippen LogP) is 2.29. The second kappa shape index (κ2) is 7.79. The number of fused-ring (bicyclic) bond motifs is 5. The van der Waals surface area contributed by atoms with Crippen LogP contribution < -0.4 is 5.56 Å². The Balaban J connectivity index is 1.57. The van der Waals surface area contributed by atoms with Crippen LogP contribution in [-0.2, 0) is 37.8 Å². The summed E-state index contributed by atoms with van der Waals surface area (Å²) in [6.45, 7) is 1.92. The molecule has 0 amide bonds. The van der Waals surface area contributed by atoms with Gasteiger partial charge >= 0.3 is 11.9 Å². The number of carbonyl (C=O) groups excluding carboxylic acids is 1. The van der Waals surface area contributed by atoms with E-state index in [4.69, 9.17) is 19.6 Å². The lowest BCUT2D eigenvalue weighted by Crippen LogP contribution is -2.49. The van der Waals surface area contributed by atoms with Gasteiger partial charge in [-0.25, -0.2) is 4.98 Å². The van der Waals surface area contributed by atoms with E-state index in [0.29, 0.717) is 29.1 Å². The van der Waals surface area contributed by atoms with E-state index in [-0.39, 0.29) is 25.0 Å². The normalized spacial score (nSPS) is 20.7. The first-order valence-electron chi connectivity index (χ1n) is 10.7. The lowest BCUT2D eigenvalue weighted by molar-refractivity contribution is -0.252. The predicted molar refractivity (Wildman–Crippen MR) is 116 cm³/mol. The average molecular weight is 450 g/mol. The number of hydrogen-bond donors (Lipinski definition) is 2. The summed E-state index contributed by atoms with van der Waals surface area (Å²) in [5.74, 6) is -1.93. The number of rotatable bonds is 5. The molecule has 4 heterocycles.